The van der Waals surface area contributed by atoms with Gasteiger partial charge in [0.1, 0.15) is 0 Å². The molecule has 0 radical (unpaired) electrons. The van der Waals surface area contributed by atoms with Crippen LogP contribution in [0.25, 0.3) is 0 Å². The molecule has 0 spiro atoms. The fourth-order valence-corrected chi connectivity index (χ4v) is 3.42. The van der Waals surface area contributed by atoms with Crippen LogP contribution in [0.1, 0.15) is 16.1 Å². The number of hydrogen-bond acceptors (Lipinski definition) is 5. The molecule has 1 fully saturated rings. The molecule has 1 aliphatic heterocycles. The highest BCUT2D eigenvalue weighted by Crippen LogP contribution is 2.15. The van der Waals surface area contributed by atoms with Gasteiger partial charge in [0.25, 0.3) is 5.91 Å². The van der Waals surface area contributed by atoms with E-state index in [2.05, 4.69) is 26.3 Å². The lowest BCUT2D eigenvalue weighted by molar-refractivity contribution is 0.102. The Labute approximate surface area is 180 Å². The predicted octanol–water partition coefficient (Wildman–Crippen LogP) is 3.02. The summed E-state index contributed by atoms with van der Waals surface area (Å²) in [4.78, 5) is 36.0. The summed E-state index contributed by atoms with van der Waals surface area (Å²) in [5.74, 6) is -0.0156. The lowest BCUT2D eigenvalue weighted by Crippen LogP contribution is -2.50. The molecular weight excluding hydrogens is 394 g/mol. The van der Waals surface area contributed by atoms with Gasteiger partial charge in [0.15, 0.2) is 0 Å². The summed E-state index contributed by atoms with van der Waals surface area (Å²) in [5.41, 5.74) is 2.31. The minimum absolute atomic E-state index is 0.205. The third-order valence-electron chi connectivity index (χ3n) is 5.21. The number of nitrogens with one attached hydrogen (secondary N) is 2. The number of hydrogen-bond donors (Lipinski definition) is 2. The normalized spacial score (nSPS) is 14.3. The van der Waals surface area contributed by atoms with Gasteiger partial charge in [-0.1, -0.05) is 18.2 Å². The van der Waals surface area contributed by atoms with Gasteiger partial charge in [-0.25, -0.2) is 9.78 Å². The molecular formula is C23H25N5O3. The van der Waals surface area contributed by atoms with Crippen molar-refractivity contribution in [3.05, 3.63) is 78.2 Å². The Hall–Kier alpha value is -3.65. The molecule has 2 aromatic heterocycles. The van der Waals surface area contributed by atoms with E-state index in [1.54, 1.807) is 41.3 Å². The second kappa shape index (κ2) is 9.90. The monoisotopic (exact) mass is 419 g/mol. The number of rotatable bonds is 6. The fourth-order valence-electron chi connectivity index (χ4n) is 3.42. The highest BCUT2D eigenvalue weighted by Gasteiger charge is 2.22. The Morgan fingerprint density at radius 3 is 2.48 bits per heavy atom. The molecule has 4 rings (SSSR count). The summed E-state index contributed by atoms with van der Waals surface area (Å²) in [6, 6.07) is 16.2. The van der Waals surface area contributed by atoms with E-state index in [0.717, 1.165) is 26.1 Å². The standard InChI is InChI=1S/C23H25N5O3/c29-22(18-5-2-1-3-6-18)26-20-8-9-21(25-17-20)31-23(30)28-15-13-27(14-16-28)12-10-19-7-4-11-24-19/h1-9,11,17,24H,10,12-16H2,(H,26,29). The quantitative estimate of drug-likeness (QED) is 0.641. The van der Waals surface area contributed by atoms with Crippen LogP contribution in [0.2, 0.25) is 0 Å². The Balaban J connectivity index is 1.22. The van der Waals surface area contributed by atoms with Crippen LogP contribution in [0.3, 0.4) is 0 Å². The van der Waals surface area contributed by atoms with E-state index in [0.29, 0.717) is 24.3 Å². The number of anilines is 1. The molecule has 1 aliphatic rings. The lowest BCUT2D eigenvalue weighted by atomic mass is 10.2. The first-order valence-electron chi connectivity index (χ1n) is 10.3. The molecule has 8 nitrogen and oxygen atoms in total. The molecule has 0 unspecified atom stereocenters. The van der Waals surface area contributed by atoms with Crippen molar-refractivity contribution >= 4 is 17.7 Å². The fraction of sp³-hybridized carbons (Fsp3) is 0.261. The Kier molecular flexibility index (Phi) is 6.59. The first kappa shape index (κ1) is 20.6. The number of amides is 2. The summed E-state index contributed by atoms with van der Waals surface area (Å²) < 4.78 is 5.39. The Morgan fingerprint density at radius 2 is 1.81 bits per heavy atom. The van der Waals surface area contributed by atoms with Gasteiger partial charge < -0.3 is 19.9 Å². The highest BCUT2D eigenvalue weighted by molar-refractivity contribution is 6.04. The Bertz CT molecular complexity index is 982. The summed E-state index contributed by atoms with van der Waals surface area (Å²) in [5, 5.41) is 2.77. The maximum absolute atomic E-state index is 12.4. The molecule has 8 heteroatoms. The average molecular weight is 419 g/mol. The molecule has 0 atom stereocenters. The molecule has 0 bridgehead atoms. The number of carbonyl (C=O) groups is 2. The molecule has 2 N–H and O–H groups in total. The number of H-pyrrole nitrogens is 1. The van der Waals surface area contributed by atoms with E-state index >= 15 is 0 Å². The van der Waals surface area contributed by atoms with E-state index < -0.39 is 6.09 Å². The van der Waals surface area contributed by atoms with Crippen LogP contribution in [-0.4, -0.2) is 64.5 Å². The second-order valence-electron chi connectivity index (χ2n) is 7.35. The zero-order valence-corrected chi connectivity index (χ0v) is 17.2. The van der Waals surface area contributed by atoms with E-state index in [1.807, 2.05) is 18.3 Å². The van der Waals surface area contributed by atoms with Crippen molar-refractivity contribution in [1.82, 2.24) is 19.8 Å². The van der Waals surface area contributed by atoms with E-state index in [4.69, 9.17) is 4.74 Å². The van der Waals surface area contributed by atoms with E-state index in [-0.39, 0.29) is 11.8 Å². The first-order chi connectivity index (χ1) is 15.2. The Morgan fingerprint density at radius 1 is 1.00 bits per heavy atom. The minimum atomic E-state index is -0.405. The van der Waals surface area contributed by atoms with Crippen LogP contribution in [0.4, 0.5) is 10.5 Å². The number of ether oxygens (including phenoxy) is 1. The van der Waals surface area contributed by atoms with Crippen molar-refractivity contribution < 1.29 is 14.3 Å². The van der Waals surface area contributed by atoms with E-state index in [9.17, 15) is 9.59 Å². The molecule has 31 heavy (non-hydrogen) atoms. The van der Waals surface area contributed by atoms with Gasteiger partial charge in [-0.3, -0.25) is 9.69 Å². The molecule has 3 heterocycles. The maximum atomic E-state index is 12.4. The van der Waals surface area contributed by atoms with Crippen molar-refractivity contribution in [1.29, 1.82) is 0 Å². The molecule has 0 saturated carbocycles. The maximum Gasteiger partial charge on any atom is 0.416 e. The molecule has 160 valence electrons. The van der Waals surface area contributed by atoms with Crippen LogP contribution in [0.15, 0.2) is 67.0 Å². The zero-order valence-electron chi connectivity index (χ0n) is 17.2. The van der Waals surface area contributed by atoms with Crippen LogP contribution >= 0.6 is 0 Å². The number of aromatic nitrogens is 2. The number of pyridine rings is 1. The summed E-state index contributed by atoms with van der Waals surface area (Å²) >= 11 is 0. The van der Waals surface area contributed by atoms with Gasteiger partial charge in [0, 0.05) is 62.7 Å². The topological polar surface area (TPSA) is 90.6 Å². The van der Waals surface area contributed by atoms with Crippen molar-refractivity contribution in [3.63, 3.8) is 0 Å². The summed E-state index contributed by atoms with van der Waals surface area (Å²) in [6.07, 6.45) is 3.97. The van der Waals surface area contributed by atoms with E-state index in [1.165, 1.54) is 11.9 Å². The SMILES string of the molecule is O=C(Nc1ccc(OC(=O)N2CCN(CCc3ccc[nH]3)CC2)nc1)c1ccccc1. The number of benzene rings is 1. The van der Waals surface area contributed by atoms with Crippen LogP contribution < -0.4 is 10.1 Å². The second-order valence-corrected chi connectivity index (χ2v) is 7.35. The van der Waals surface area contributed by atoms with Crippen LogP contribution in [0.5, 0.6) is 5.88 Å². The van der Waals surface area contributed by atoms with Crippen LogP contribution in [0, 0.1) is 0 Å². The summed E-state index contributed by atoms with van der Waals surface area (Å²) in [7, 11) is 0. The van der Waals surface area contributed by atoms with Crippen LogP contribution in [-0.2, 0) is 6.42 Å². The van der Waals surface area contributed by atoms with Crippen molar-refractivity contribution in [2.45, 2.75) is 6.42 Å². The molecule has 3 aromatic rings. The zero-order chi connectivity index (χ0) is 21.5. The molecule has 0 aliphatic carbocycles. The predicted molar refractivity (Wildman–Crippen MR) is 117 cm³/mol. The minimum Gasteiger partial charge on any atom is -0.391 e. The van der Waals surface area contributed by atoms with Gasteiger partial charge in [0.2, 0.25) is 5.88 Å². The van der Waals surface area contributed by atoms with Gasteiger partial charge in [-0.05, 0) is 30.3 Å². The average Bonchev–Trinajstić information content (AvgIpc) is 3.33. The largest absolute Gasteiger partial charge is 0.416 e. The molecule has 1 saturated heterocycles. The van der Waals surface area contributed by atoms with Gasteiger partial charge in [0.05, 0.1) is 11.9 Å². The number of aromatic amines is 1. The van der Waals surface area contributed by atoms with Gasteiger partial charge in [-0.15, -0.1) is 0 Å². The van der Waals surface area contributed by atoms with Crippen molar-refractivity contribution in [3.8, 4) is 5.88 Å². The number of carbonyl (C=O) groups excluding carboxylic acids is 2. The summed E-state index contributed by atoms with van der Waals surface area (Å²) in [6.45, 7) is 3.83. The molecule has 1 aromatic carbocycles. The lowest BCUT2D eigenvalue weighted by Gasteiger charge is -2.33. The van der Waals surface area contributed by atoms with Crippen molar-refractivity contribution in [2.75, 3.05) is 38.0 Å². The van der Waals surface area contributed by atoms with Crippen molar-refractivity contribution in [2.24, 2.45) is 0 Å². The highest BCUT2D eigenvalue weighted by atomic mass is 16.6. The number of nitrogens with zero attached hydrogens (tertiary/aromatic N) is 3. The molecule has 2 amide bonds. The first-order valence-corrected chi connectivity index (χ1v) is 10.3. The number of piperazine rings is 1. The third kappa shape index (κ3) is 5.70. The van der Waals surface area contributed by atoms with Gasteiger partial charge >= 0.3 is 6.09 Å². The van der Waals surface area contributed by atoms with Gasteiger partial charge in [-0.2, -0.15) is 0 Å². The smallest absolute Gasteiger partial charge is 0.391 e. The third-order valence-corrected chi connectivity index (χ3v) is 5.21.